The fraction of sp³-hybridized carbons (Fsp3) is 0.158. The number of benzene rings is 1. The fourth-order valence-corrected chi connectivity index (χ4v) is 3.06. The Kier molecular flexibility index (Phi) is 4.36. The number of hydrogen-bond donors (Lipinski definition) is 2. The lowest BCUT2D eigenvalue weighted by Crippen LogP contribution is -2.06. The van der Waals surface area contributed by atoms with E-state index in [1.54, 1.807) is 25.4 Å². The average Bonchev–Trinajstić information content (AvgIpc) is 3.13. The third-order valence-corrected chi connectivity index (χ3v) is 4.33. The maximum atomic E-state index is 13.4. The number of ether oxygens (including phenoxy) is 1. The van der Waals surface area contributed by atoms with Crippen molar-refractivity contribution in [1.82, 2.24) is 24.6 Å². The zero-order valence-corrected chi connectivity index (χ0v) is 15.2. The molecule has 4 rings (SSSR count). The van der Waals surface area contributed by atoms with E-state index >= 15 is 0 Å². The molecule has 4 aromatic rings. The Morgan fingerprint density at radius 2 is 1.93 bits per heavy atom. The summed E-state index contributed by atoms with van der Waals surface area (Å²) in [6, 6.07) is 7.82. The maximum Gasteiger partial charge on any atom is 0.223 e. The van der Waals surface area contributed by atoms with Crippen LogP contribution in [0.1, 0.15) is 11.4 Å². The zero-order valence-electron chi connectivity index (χ0n) is 15.2. The number of aromatic nitrogens is 5. The van der Waals surface area contributed by atoms with E-state index in [4.69, 9.17) is 10.5 Å². The number of nitrogen functional groups attached to an aromatic ring is 1. The highest BCUT2D eigenvalue weighted by atomic mass is 19.1. The zero-order chi connectivity index (χ0) is 19.8. The van der Waals surface area contributed by atoms with Gasteiger partial charge >= 0.3 is 0 Å². The summed E-state index contributed by atoms with van der Waals surface area (Å²) in [7, 11) is 1.55. The number of halogens is 1. The van der Waals surface area contributed by atoms with Crippen molar-refractivity contribution in [2.45, 2.75) is 13.5 Å². The van der Waals surface area contributed by atoms with Crippen LogP contribution >= 0.6 is 0 Å². The Balaban J connectivity index is 2.07. The first-order valence-electron chi connectivity index (χ1n) is 8.44. The van der Waals surface area contributed by atoms with Crippen LogP contribution in [0.15, 0.2) is 36.5 Å². The monoisotopic (exact) mass is 380 g/mol. The number of nitrogens with two attached hydrogens (primary N) is 1. The van der Waals surface area contributed by atoms with Gasteiger partial charge in [0.05, 0.1) is 18.4 Å². The molecule has 28 heavy (non-hydrogen) atoms. The van der Waals surface area contributed by atoms with Gasteiger partial charge in [0.1, 0.15) is 12.4 Å². The molecule has 0 aliphatic rings. The first-order chi connectivity index (χ1) is 13.5. The van der Waals surface area contributed by atoms with E-state index in [1.165, 1.54) is 16.6 Å². The van der Waals surface area contributed by atoms with Gasteiger partial charge in [0.15, 0.2) is 11.5 Å². The van der Waals surface area contributed by atoms with Crippen LogP contribution in [0, 0.1) is 12.7 Å². The van der Waals surface area contributed by atoms with Gasteiger partial charge in [-0.2, -0.15) is 4.52 Å². The SMILES string of the molecule is COc1ncc(-c2c(-c3ccc(F)cc3)nc(N)n3nc(CO)nc23)cc1C. The van der Waals surface area contributed by atoms with Gasteiger partial charge in [-0.1, -0.05) is 0 Å². The van der Waals surface area contributed by atoms with Crippen LogP contribution in [0.25, 0.3) is 28.0 Å². The predicted octanol–water partition coefficient (Wildman–Crippen LogP) is 2.38. The summed E-state index contributed by atoms with van der Waals surface area (Å²) in [5.74, 6) is 0.461. The molecule has 0 amide bonds. The molecule has 0 spiro atoms. The largest absolute Gasteiger partial charge is 0.481 e. The van der Waals surface area contributed by atoms with Crippen molar-refractivity contribution in [2.75, 3.05) is 12.8 Å². The van der Waals surface area contributed by atoms with E-state index in [9.17, 15) is 9.50 Å². The van der Waals surface area contributed by atoms with Gasteiger partial charge in [-0.05, 0) is 37.3 Å². The van der Waals surface area contributed by atoms with Crippen molar-refractivity contribution in [3.63, 3.8) is 0 Å². The fourth-order valence-electron chi connectivity index (χ4n) is 3.06. The minimum Gasteiger partial charge on any atom is -0.481 e. The standard InChI is InChI=1S/C19H17FN6O2/c1-10-7-12(8-22-18(10)28-2)15-16(11-3-5-13(20)6-4-11)24-19(21)26-17(15)23-14(9-27)25-26/h3-8,27H,9H2,1-2H3,(H2,21,24). The Hall–Kier alpha value is -3.59. The quantitative estimate of drug-likeness (QED) is 0.559. The van der Waals surface area contributed by atoms with Crippen molar-refractivity contribution in [2.24, 2.45) is 0 Å². The second-order valence-corrected chi connectivity index (χ2v) is 6.17. The van der Waals surface area contributed by atoms with E-state index in [1.807, 2.05) is 13.0 Å². The van der Waals surface area contributed by atoms with Crippen LogP contribution in [-0.4, -0.2) is 36.8 Å². The van der Waals surface area contributed by atoms with Gasteiger partial charge in [0, 0.05) is 22.9 Å². The lowest BCUT2D eigenvalue weighted by molar-refractivity contribution is 0.271. The first-order valence-corrected chi connectivity index (χ1v) is 8.44. The lowest BCUT2D eigenvalue weighted by Gasteiger charge is -2.13. The Morgan fingerprint density at radius 3 is 2.57 bits per heavy atom. The number of pyridine rings is 1. The van der Waals surface area contributed by atoms with E-state index in [0.717, 1.165) is 5.56 Å². The number of fused-ring (bicyclic) bond motifs is 1. The van der Waals surface area contributed by atoms with Crippen LogP contribution in [0.2, 0.25) is 0 Å². The van der Waals surface area contributed by atoms with Gasteiger partial charge in [-0.25, -0.2) is 19.3 Å². The van der Waals surface area contributed by atoms with E-state index in [0.29, 0.717) is 33.9 Å². The lowest BCUT2D eigenvalue weighted by atomic mass is 10.0. The van der Waals surface area contributed by atoms with Crippen molar-refractivity contribution in [3.8, 4) is 28.3 Å². The molecule has 0 saturated carbocycles. The van der Waals surface area contributed by atoms with Crippen molar-refractivity contribution < 1.29 is 14.2 Å². The molecule has 142 valence electrons. The van der Waals surface area contributed by atoms with Crippen LogP contribution in [0.3, 0.4) is 0 Å². The van der Waals surface area contributed by atoms with Crippen LogP contribution < -0.4 is 10.5 Å². The van der Waals surface area contributed by atoms with Gasteiger partial charge in [0.25, 0.3) is 0 Å². The van der Waals surface area contributed by atoms with E-state index in [-0.39, 0.29) is 24.2 Å². The molecule has 0 atom stereocenters. The first kappa shape index (κ1) is 17.8. The van der Waals surface area contributed by atoms with Gasteiger partial charge < -0.3 is 15.6 Å². The highest BCUT2D eigenvalue weighted by Gasteiger charge is 2.20. The Labute approximate surface area is 159 Å². The number of hydrogen-bond acceptors (Lipinski definition) is 7. The van der Waals surface area contributed by atoms with Gasteiger partial charge in [-0.15, -0.1) is 5.10 Å². The molecule has 0 unspecified atom stereocenters. The highest BCUT2D eigenvalue weighted by Crippen LogP contribution is 2.35. The third-order valence-electron chi connectivity index (χ3n) is 4.33. The molecule has 0 bridgehead atoms. The number of aliphatic hydroxyl groups is 1. The summed E-state index contributed by atoms with van der Waals surface area (Å²) < 4.78 is 20.0. The van der Waals surface area contributed by atoms with Crippen LogP contribution in [0.4, 0.5) is 10.3 Å². The van der Waals surface area contributed by atoms with Gasteiger partial charge in [-0.3, -0.25) is 0 Å². The second kappa shape index (κ2) is 6.86. The topological polar surface area (TPSA) is 111 Å². The Morgan fingerprint density at radius 1 is 1.18 bits per heavy atom. The molecule has 9 heteroatoms. The van der Waals surface area contributed by atoms with Crippen molar-refractivity contribution in [3.05, 3.63) is 53.7 Å². The third kappa shape index (κ3) is 2.91. The number of aryl methyl sites for hydroxylation is 1. The van der Waals surface area contributed by atoms with Crippen LogP contribution in [0.5, 0.6) is 5.88 Å². The molecular weight excluding hydrogens is 363 g/mol. The summed E-state index contributed by atoms with van der Waals surface area (Å²) in [6.07, 6.45) is 1.64. The molecule has 0 saturated heterocycles. The normalized spacial score (nSPS) is 11.1. The molecule has 0 aliphatic carbocycles. The highest BCUT2D eigenvalue weighted by molar-refractivity contribution is 5.90. The van der Waals surface area contributed by atoms with E-state index < -0.39 is 0 Å². The minimum atomic E-state index is -0.355. The van der Waals surface area contributed by atoms with Crippen molar-refractivity contribution in [1.29, 1.82) is 0 Å². The molecule has 3 heterocycles. The summed E-state index contributed by atoms with van der Waals surface area (Å²) in [5, 5.41) is 13.6. The molecule has 8 nitrogen and oxygen atoms in total. The summed E-state index contributed by atoms with van der Waals surface area (Å²) in [5.41, 5.74) is 9.81. The smallest absolute Gasteiger partial charge is 0.223 e. The minimum absolute atomic E-state index is 0.100. The number of methoxy groups -OCH3 is 1. The molecule has 0 aliphatic heterocycles. The second-order valence-electron chi connectivity index (χ2n) is 6.17. The molecule has 0 radical (unpaired) electrons. The molecule has 1 aromatic carbocycles. The average molecular weight is 380 g/mol. The Bertz CT molecular complexity index is 1170. The number of nitrogens with zero attached hydrogens (tertiary/aromatic N) is 5. The summed E-state index contributed by atoms with van der Waals surface area (Å²) in [6.45, 7) is 1.53. The number of anilines is 1. The molecule has 3 aromatic heterocycles. The van der Waals surface area contributed by atoms with Gasteiger partial charge in [0.2, 0.25) is 11.8 Å². The van der Waals surface area contributed by atoms with Crippen LogP contribution in [-0.2, 0) is 6.61 Å². The summed E-state index contributed by atoms with van der Waals surface area (Å²) >= 11 is 0. The molecule has 0 fully saturated rings. The number of rotatable bonds is 4. The molecule has 3 N–H and O–H groups in total. The number of aliphatic hydroxyl groups excluding tert-OH is 1. The molecular formula is C19H17FN6O2. The van der Waals surface area contributed by atoms with E-state index in [2.05, 4.69) is 20.1 Å². The predicted molar refractivity (Wildman–Crippen MR) is 101 cm³/mol. The van der Waals surface area contributed by atoms with Crippen molar-refractivity contribution >= 4 is 11.6 Å². The summed E-state index contributed by atoms with van der Waals surface area (Å²) in [4.78, 5) is 13.2. The maximum absolute atomic E-state index is 13.4.